The van der Waals surface area contributed by atoms with E-state index >= 15 is 0 Å². The standard InChI is InChI=1S/C15H23NO4/c1-3-16(8-9-17)12-10-20-15-11(14(12)18)6-5-7-13(15)19-4-2/h5-7,12,14,17-18H,3-4,8-10H2,1-2H3. The Balaban J connectivity index is 2.25. The molecule has 5 nitrogen and oxygen atoms in total. The van der Waals surface area contributed by atoms with E-state index in [1.807, 2.05) is 36.9 Å². The number of para-hydroxylation sites is 1. The zero-order chi connectivity index (χ0) is 14.5. The summed E-state index contributed by atoms with van der Waals surface area (Å²) in [6.07, 6.45) is -0.634. The Morgan fingerprint density at radius 1 is 1.40 bits per heavy atom. The maximum absolute atomic E-state index is 10.6. The lowest BCUT2D eigenvalue weighted by Gasteiger charge is -2.38. The monoisotopic (exact) mass is 281 g/mol. The molecule has 0 amide bonds. The fourth-order valence-corrected chi connectivity index (χ4v) is 2.65. The van der Waals surface area contributed by atoms with E-state index in [0.717, 1.165) is 12.1 Å². The lowest BCUT2D eigenvalue weighted by molar-refractivity contribution is -0.00152. The molecule has 1 aromatic rings. The zero-order valence-corrected chi connectivity index (χ0v) is 12.1. The van der Waals surface area contributed by atoms with Crippen molar-refractivity contribution in [3.63, 3.8) is 0 Å². The summed E-state index contributed by atoms with van der Waals surface area (Å²) < 4.78 is 11.3. The molecule has 2 N–H and O–H groups in total. The second kappa shape index (κ2) is 6.92. The molecule has 1 heterocycles. The van der Waals surface area contributed by atoms with E-state index in [0.29, 0.717) is 31.3 Å². The predicted molar refractivity (Wildman–Crippen MR) is 76.2 cm³/mol. The Bertz CT molecular complexity index is 438. The number of hydrogen-bond donors (Lipinski definition) is 2. The van der Waals surface area contributed by atoms with Crippen molar-refractivity contribution in [2.24, 2.45) is 0 Å². The van der Waals surface area contributed by atoms with E-state index < -0.39 is 6.10 Å². The number of hydrogen-bond acceptors (Lipinski definition) is 5. The summed E-state index contributed by atoms with van der Waals surface area (Å²) in [5.41, 5.74) is 0.753. The second-order valence-corrected chi connectivity index (χ2v) is 4.78. The minimum absolute atomic E-state index is 0.0723. The fraction of sp³-hybridized carbons (Fsp3) is 0.600. The van der Waals surface area contributed by atoms with Crippen molar-refractivity contribution in [1.82, 2.24) is 4.90 Å². The van der Waals surface area contributed by atoms with Crippen LogP contribution in [0, 0.1) is 0 Å². The molecule has 2 unspecified atom stereocenters. The minimum Gasteiger partial charge on any atom is -0.490 e. The lowest BCUT2D eigenvalue weighted by Crippen LogP contribution is -2.47. The van der Waals surface area contributed by atoms with Gasteiger partial charge in [0.15, 0.2) is 11.5 Å². The number of nitrogens with zero attached hydrogens (tertiary/aromatic N) is 1. The molecular weight excluding hydrogens is 258 g/mol. The highest BCUT2D eigenvalue weighted by Gasteiger charge is 2.34. The Morgan fingerprint density at radius 3 is 2.85 bits per heavy atom. The van der Waals surface area contributed by atoms with Gasteiger partial charge in [0.1, 0.15) is 12.7 Å². The number of ether oxygens (including phenoxy) is 2. The van der Waals surface area contributed by atoms with Crippen LogP contribution in [0.25, 0.3) is 0 Å². The van der Waals surface area contributed by atoms with Crippen LogP contribution in [0.4, 0.5) is 0 Å². The largest absolute Gasteiger partial charge is 0.490 e. The number of aliphatic hydroxyl groups is 2. The molecular formula is C15H23NO4. The van der Waals surface area contributed by atoms with Gasteiger partial charge in [0.05, 0.1) is 19.3 Å². The first-order valence-corrected chi connectivity index (χ1v) is 7.14. The van der Waals surface area contributed by atoms with Crippen molar-refractivity contribution < 1.29 is 19.7 Å². The summed E-state index contributed by atoms with van der Waals surface area (Å²) >= 11 is 0. The van der Waals surface area contributed by atoms with E-state index in [9.17, 15) is 5.11 Å². The van der Waals surface area contributed by atoms with Crippen LogP contribution in [0.2, 0.25) is 0 Å². The maximum atomic E-state index is 10.6. The molecule has 1 aliphatic heterocycles. The van der Waals surface area contributed by atoms with Crippen molar-refractivity contribution in [2.75, 3.05) is 32.9 Å². The smallest absolute Gasteiger partial charge is 0.167 e. The van der Waals surface area contributed by atoms with E-state index in [1.54, 1.807) is 0 Å². The highest BCUT2D eigenvalue weighted by atomic mass is 16.5. The first-order chi connectivity index (χ1) is 9.72. The average Bonchev–Trinajstić information content (AvgIpc) is 2.47. The Hall–Kier alpha value is -1.30. The molecule has 0 fully saturated rings. The highest BCUT2D eigenvalue weighted by Crippen LogP contribution is 2.40. The molecule has 0 bridgehead atoms. The Morgan fingerprint density at radius 2 is 2.20 bits per heavy atom. The molecule has 0 saturated heterocycles. The first-order valence-electron chi connectivity index (χ1n) is 7.14. The number of rotatable bonds is 6. The highest BCUT2D eigenvalue weighted by molar-refractivity contribution is 5.49. The molecule has 20 heavy (non-hydrogen) atoms. The van der Waals surface area contributed by atoms with Gasteiger partial charge in [-0.25, -0.2) is 0 Å². The van der Waals surface area contributed by atoms with Crippen molar-refractivity contribution in [2.45, 2.75) is 26.0 Å². The SMILES string of the molecule is CCOc1cccc2c1OCC(N(CC)CCO)C2O. The van der Waals surface area contributed by atoms with Crippen LogP contribution in [0.1, 0.15) is 25.5 Å². The average molecular weight is 281 g/mol. The second-order valence-electron chi connectivity index (χ2n) is 4.78. The van der Waals surface area contributed by atoms with Crippen LogP contribution in [0.15, 0.2) is 18.2 Å². The van der Waals surface area contributed by atoms with Crippen LogP contribution in [-0.2, 0) is 0 Å². The maximum Gasteiger partial charge on any atom is 0.167 e. The number of likely N-dealkylation sites (N-methyl/N-ethyl adjacent to an activating group) is 1. The van der Waals surface area contributed by atoms with Crippen LogP contribution in [0.5, 0.6) is 11.5 Å². The third kappa shape index (κ3) is 2.90. The van der Waals surface area contributed by atoms with E-state index in [2.05, 4.69) is 0 Å². The molecule has 0 spiro atoms. The summed E-state index contributed by atoms with van der Waals surface area (Å²) in [5.74, 6) is 1.31. The minimum atomic E-state index is -0.634. The van der Waals surface area contributed by atoms with Crippen molar-refractivity contribution in [1.29, 1.82) is 0 Å². The molecule has 2 rings (SSSR count). The summed E-state index contributed by atoms with van der Waals surface area (Å²) in [6.45, 7) is 6.24. The van der Waals surface area contributed by atoms with Gasteiger partial charge in [-0.05, 0) is 19.5 Å². The van der Waals surface area contributed by atoms with Gasteiger partial charge in [-0.1, -0.05) is 19.1 Å². The molecule has 0 saturated carbocycles. The fourth-order valence-electron chi connectivity index (χ4n) is 2.65. The van der Waals surface area contributed by atoms with Gasteiger partial charge >= 0.3 is 0 Å². The predicted octanol–water partition coefficient (Wildman–Crippen LogP) is 1.19. The van der Waals surface area contributed by atoms with Crippen LogP contribution >= 0.6 is 0 Å². The molecule has 2 atom stereocenters. The number of fused-ring (bicyclic) bond motifs is 1. The van der Waals surface area contributed by atoms with Gasteiger partial charge < -0.3 is 19.7 Å². The summed E-state index contributed by atoms with van der Waals surface area (Å²) in [5, 5.41) is 19.7. The zero-order valence-electron chi connectivity index (χ0n) is 12.1. The summed E-state index contributed by atoms with van der Waals surface area (Å²) in [7, 11) is 0. The van der Waals surface area contributed by atoms with E-state index in [4.69, 9.17) is 14.6 Å². The van der Waals surface area contributed by atoms with Crippen molar-refractivity contribution >= 4 is 0 Å². The van der Waals surface area contributed by atoms with Gasteiger partial charge in [-0.2, -0.15) is 0 Å². The molecule has 5 heteroatoms. The van der Waals surface area contributed by atoms with Gasteiger partial charge in [-0.3, -0.25) is 4.90 Å². The van der Waals surface area contributed by atoms with Crippen molar-refractivity contribution in [3.8, 4) is 11.5 Å². The van der Waals surface area contributed by atoms with E-state index in [-0.39, 0.29) is 12.6 Å². The molecule has 0 aromatic heterocycles. The third-order valence-electron chi connectivity index (χ3n) is 3.65. The molecule has 0 radical (unpaired) electrons. The van der Waals surface area contributed by atoms with E-state index in [1.165, 1.54) is 0 Å². The number of benzene rings is 1. The van der Waals surface area contributed by atoms with Gasteiger partial charge in [0.2, 0.25) is 0 Å². The lowest BCUT2D eigenvalue weighted by atomic mass is 9.97. The quantitative estimate of drug-likeness (QED) is 0.820. The third-order valence-corrected chi connectivity index (χ3v) is 3.65. The van der Waals surface area contributed by atoms with Crippen LogP contribution in [0.3, 0.4) is 0 Å². The van der Waals surface area contributed by atoms with Gasteiger partial charge in [0.25, 0.3) is 0 Å². The topological polar surface area (TPSA) is 62.2 Å². The van der Waals surface area contributed by atoms with Crippen molar-refractivity contribution in [3.05, 3.63) is 23.8 Å². The van der Waals surface area contributed by atoms with Gasteiger partial charge in [-0.15, -0.1) is 0 Å². The number of aliphatic hydroxyl groups excluding tert-OH is 2. The molecule has 112 valence electrons. The normalized spacial score (nSPS) is 21.4. The Labute approximate surface area is 119 Å². The van der Waals surface area contributed by atoms with Crippen LogP contribution < -0.4 is 9.47 Å². The van der Waals surface area contributed by atoms with Crippen LogP contribution in [-0.4, -0.2) is 54.1 Å². The Kier molecular flexibility index (Phi) is 5.23. The van der Waals surface area contributed by atoms with Gasteiger partial charge in [0, 0.05) is 12.1 Å². The molecule has 1 aromatic carbocycles. The molecule has 0 aliphatic carbocycles. The first kappa shape index (κ1) is 15.1. The molecule has 1 aliphatic rings. The summed E-state index contributed by atoms with van der Waals surface area (Å²) in [4.78, 5) is 2.03. The summed E-state index contributed by atoms with van der Waals surface area (Å²) in [6, 6.07) is 5.43.